The molecule has 0 saturated heterocycles. The Labute approximate surface area is 47.5 Å². The van der Waals surface area contributed by atoms with E-state index in [1.807, 2.05) is 0 Å². The van der Waals surface area contributed by atoms with E-state index in [0.29, 0.717) is 5.57 Å². The normalized spacial score (nSPS) is 8.50. The third kappa shape index (κ3) is 1.87. The molecule has 0 rings (SSSR count). The van der Waals surface area contributed by atoms with E-state index in [1.165, 1.54) is 13.8 Å². The lowest BCUT2D eigenvalue weighted by Gasteiger charge is -1.90. The van der Waals surface area contributed by atoms with E-state index in [2.05, 4.69) is 6.58 Å². The second-order valence-corrected chi connectivity index (χ2v) is 1.72. The molecule has 0 amide bonds. The Kier molecular flexibility index (Phi) is 2.38. The fourth-order valence-corrected chi connectivity index (χ4v) is 0.271. The maximum atomic E-state index is 12.1. The highest BCUT2D eigenvalue weighted by molar-refractivity contribution is 5.19. The van der Waals surface area contributed by atoms with Crippen LogP contribution in [-0.4, -0.2) is 0 Å². The largest absolute Gasteiger partial charge is 0.204 e. The summed E-state index contributed by atoms with van der Waals surface area (Å²) in [7, 11) is 0. The van der Waals surface area contributed by atoms with Gasteiger partial charge in [-0.25, -0.2) is 8.78 Å². The van der Waals surface area contributed by atoms with Gasteiger partial charge in [-0.05, 0) is 19.4 Å². The molecule has 0 nitrogen and oxygen atoms in total. The fourth-order valence-electron chi connectivity index (χ4n) is 0.271. The predicted octanol–water partition coefficient (Wildman–Crippen LogP) is 2.73. The summed E-state index contributed by atoms with van der Waals surface area (Å²) in [6, 6.07) is 0. The lowest BCUT2D eigenvalue weighted by atomic mass is 10.3. The second kappa shape index (κ2) is 2.60. The molecule has 0 aliphatic carbocycles. The molecule has 0 unspecified atom stereocenters. The summed E-state index contributed by atoms with van der Waals surface area (Å²) in [5.74, 6) is -1.84. The molecule has 0 saturated carbocycles. The van der Waals surface area contributed by atoms with Gasteiger partial charge >= 0.3 is 0 Å². The summed E-state index contributed by atoms with van der Waals surface area (Å²) in [5, 5.41) is 0. The summed E-state index contributed by atoms with van der Waals surface area (Å²) in [5.41, 5.74) is 0.317. The molecular formula is C6H8F2. The van der Waals surface area contributed by atoms with E-state index in [0.717, 1.165) is 0 Å². The number of rotatable bonds is 1. The van der Waals surface area contributed by atoms with E-state index < -0.39 is 11.7 Å². The van der Waals surface area contributed by atoms with Crippen molar-refractivity contribution in [1.82, 2.24) is 0 Å². The van der Waals surface area contributed by atoms with Crippen molar-refractivity contribution in [3.05, 3.63) is 23.8 Å². The summed E-state index contributed by atoms with van der Waals surface area (Å²) in [4.78, 5) is 0. The minimum atomic E-state index is -0.995. The van der Waals surface area contributed by atoms with E-state index in [4.69, 9.17) is 0 Å². The summed E-state index contributed by atoms with van der Waals surface area (Å²) >= 11 is 0. The molecule has 0 aromatic rings. The third-order valence-corrected chi connectivity index (χ3v) is 0.677. The van der Waals surface area contributed by atoms with Crippen LogP contribution in [0.5, 0.6) is 0 Å². The second-order valence-electron chi connectivity index (χ2n) is 1.72. The van der Waals surface area contributed by atoms with Crippen LogP contribution < -0.4 is 0 Å². The Hall–Kier alpha value is -0.660. The van der Waals surface area contributed by atoms with Crippen molar-refractivity contribution in [2.75, 3.05) is 0 Å². The number of hydrogen-bond donors (Lipinski definition) is 0. The summed E-state index contributed by atoms with van der Waals surface area (Å²) in [6.07, 6.45) is 0. The van der Waals surface area contributed by atoms with Crippen LogP contribution in [0.2, 0.25) is 0 Å². The first-order valence-electron chi connectivity index (χ1n) is 2.23. The van der Waals surface area contributed by atoms with Gasteiger partial charge in [0.2, 0.25) is 0 Å². The molecule has 0 spiro atoms. The minimum Gasteiger partial charge on any atom is -0.204 e. The van der Waals surface area contributed by atoms with Crippen molar-refractivity contribution in [3.63, 3.8) is 0 Å². The van der Waals surface area contributed by atoms with E-state index in [-0.39, 0.29) is 0 Å². The summed E-state index contributed by atoms with van der Waals surface area (Å²) < 4.78 is 23.8. The Morgan fingerprint density at radius 2 is 1.62 bits per heavy atom. The molecule has 46 valence electrons. The molecule has 0 atom stereocenters. The van der Waals surface area contributed by atoms with Crippen LogP contribution in [0.25, 0.3) is 0 Å². The lowest BCUT2D eigenvalue weighted by molar-refractivity contribution is 0.540. The van der Waals surface area contributed by atoms with Gasteiger partial charge in [-0.1, -0.05) is 6.58 Å². The molecule has 0 radical (unpaired) electrons. The van der Waals surface area contributed by atoms with Crippen LogP contribution >= 0.6 is 0 Å². The summed E-state index contributed by atoms with van der Waals surface area (Å²) in [6.45, 7) is 5.75. The molecule has 0 heterocycles. The lowest BCUT2D eigenvalue weighted by Crippen LogP contribution is -1.75. The third-order valence-electron chi connectivity index (χ3n) is 0.677. The van der Waals surface area contributed by atoms with Gasteiger partial charge in [0.15, 0.2) is 11.7 Å². The quantitative estimate of drug-likeness (QED) is 0.464. The molecular weight excluding hydrogens is 110 g/mol. The average Bonchev–Trinajstić information content (AvgIpc) is 1.64. The van der Waals surface area contributed by atoms with Crippen LogP contribution in [0.15, 0.2) is 23.8 Å². The first-order valence-corrected chi connectivity index (χ1v) is 2.23. The first kappa shape index (κ1) is 7.34. The van der Waals surface area contributed by atoms with Crippen LogP contribution in [0.4, 0.5) is 8.78 Å². The van der Waals surface area contributed by atoms with Crippen molar-refractivity contribution in [2.24, 2.45) is 0 Å². The smallest absolute Gasteiger partial charge is 0.156 e. The first-order chi connectivity index (χ1) is 3.55. The van der Waals surface area contributed by atoms with Crippen molar-refractivity contribution >= 4 is 0 Å². The molecule has 0 aliphatic rings. The molecule has 8 heavy (non-hydrogen) atoms. The topological polar surface area (TPSA) is 0 Å². The predicted molar refractivity (Wildman–Crippen MR) is 29.7 cm³/mol. The van der Waals surface area contributed by atoms with Gasteiger partial charge in [0, 0.05) is 0 Å². The van der Waals surface area contributed by atoms with Crippen LogP contribution in [0, 0.1) is 0 Å². The highest BCUT2D eigenvalue weighted by Gasteiger charge is 1.99. The molecule has 2 heteroatoms. The molecule has 0 bridgehead atoms. The van der Waals surface area contributed by atoms with Crippen LogP contribution in [0.1, 0.15) is 13.8 Å². The Balaban J connectivity index is 4.23. The standard InChI is InChI=1S/C6H8F2/c1-4(2)6(8)5(3)7/h3H2,1-2H3. The van der Waals surface area contributed by atoms with Crippen molar-refractivity contribution in [1.29, 1.82) is 0 Å². The SMILES string of the molecule is C=C(F)C(F)=C(C)C. The van der Waals surface area contributed by atoms with Gasteiger partial charge in [-0.15, -0.1) is 0 Å². The van der Waals surface area contributed by atoms with Crippen molar-refractivity contribution < 1.29 is 8.78 Å². The molecule has 0 aliphatic heterocycles. The Morgan fingerprint density at radius 3 is 1.62 bits per heavy atom. The monoisotopic (exact) mass is 118 g/mol. The van der Waals surface area contributed by atoms with Crippen LogP contribution in [0.3, 0.4) is 0 Å². The molecule has 0 aromatic carbocycles. The Morgan fingerprint density at radius 1 is 1.25 bits per heavy atom. The van der Waals surface area contributed by atoms with Gasteiger partial charge in [-0.2, -0.15) is 0 Å². The highest BCUT2D eigenvalue weighted by atomic mass is 19.2. The van der Waals surface area contributed by atoms with Gasteiger partial charge in [0.05, 0.1) is 0 Å². The zero-order chi connectivity index (χ0) is 6.73. The number of hydrogen-bond acceptors (Lipinski definition) is 0. The number of allylic oxidation sites excluding steroid dienone is 3. The maximum Gasteiger partial charge on any atom is 0.156 e. The maximum absolute atomic E-state index is 12.1. The van der Waals surface area contributed by atoms with Gasteiger partial charge in [-0.3, -0.25) is 0 Å². The zero-order valence-electron chi connectivity index (χ0n) is 4.96. The van der Waals surface area contributed by atoms with Gasteiger partial charge in [0.1, 0.15) is 0 Å². The molecule has 0 fully saturated rings. The Bertz CT molecular complexity index is 129. The zero-order valence-corrected chi connectivity index (χ0v) is 4.96. The van der Waals surface area contributed by atoms with Crippen molar-refractivity contribution in [2.45, 2.75) is 13.8 Å². The highest BCUT2D eigenvalue weighted by Crippen LogP contribution is 2.14. The van der Waals surface area contributed by atoms with Crippen LogP contribution in [-0.2, 0) is 0 Å². The fraction of sp³-hybridized carbons (Fsp3) is 0.333. The van der Waals surface area contributed by atoms with E-state index in [9.17, 15) is 8.78 Å². The molecule has 0 aromatic heterocycles. The van der Waals surface area contributed by atoms with E-state index >= 15 is 0 Å². The van der Waals surface area contributed by atoms with Crippen molar-refractivity contribution in [3.8, 4) is 0 Å². The van der Waals surface area contributed by atoms with E-state index in [1.54, 1.807) is 0 Å². The van der Waals surface area contributed by atoms with Gasteiger partial charge in [0.25, 0.3) is 0 Å². The van der Waals surface area contributed by atoms with Gasteiger partial charge < -0.3 is 0 Å². The average molecular weight is 118 g/mol. The molecule has 0 N–H and O–H groups in total. The number of halogens is 2. The minimum absolute atomic E-state index is 0.317.